The molecule has 0 saturated carbocycles. The molecule has 0 spiro atoms. The Morgan fingerprint density at radius 3 is 2.45 bits per heavy atom. The molecule has 3 aromatic rings. The van der Waals surface area contributed by atoms with Crippen molar-refractivity contribution >= 4 is 26.7 Å². The lowest BCUT2D eigenvalue weighted by Crippen LogP contribution is -2.46. The van der Waals surface area contributed by atoms with Gasteiger partial charge < -0.3 is 14.2 Å². The molecule has 178 valence electrons. The molecule has 4 rings (SSSR count). The van der Waals surface area contributed by atoms with Crippen molar-refractivity contribution in [3.05, 3.63) is 48.3 Å². The van der Waals surface area contributed by atoms with Gasteiger partial charge in [0, 0.05) is 46.8 Å². The molecule has 33 heavy (non-hydrogen) atoms. The highest BCUT2D eigenvalue weighted by Gasteiger charge is 2.23. The summed E-state index contributed by atoms with van der Waals surface area (Å²) >= 11 is 0. The maximum atomic E-state index is 12.6. The van der Waals surface area contributed by atoms with Gasteiger partial charge in [-0.3, -0.25) is 4.90 Å². The molecule has 1 aromatic heterocycles. The Labute approximate surface area is 196 Å². The number of aromatic nitrogens is 2. The molecule has 8 nitrogen and oxygen atoms in total. The molecule has 1 fully saturated rings. The van der Waals surface area contributed by atoms with Gasteiger partial charge in [-0.05, 0) is 36.8 Å². The number of para-hydroxylation sites is 2. The Morgan fingerprint density at radius 2 is 1.79 bits per heavy atom. The Kier molecular flexibility index (Phi) is 6.92. The number of hydrogen-bond acceptors (Lipinski definition) is 6. The zero-order valence-electron chi connectivity index (χ0n) is 19.9. The normalized spacial score (nSPS) is 15.5. The van der Waals surface area contributed by atoms with Crippen molar-refractivity contribution in [1.82, 2.24) is 18.8 Å². The largest absolute Gasteiger partial charge is 0.495 e. The van der Waals surface area contributed by atoms with Crippen molar-refractivity contribution in [1.29, 1.82) is 0 Å². The molecule has 1 saturated heterocycles. The van der Waals surface area contributed by atoms with E-state index in [0.29, 0.717) is 0 Å². The molecule has 2 aromatic carbocycles. The molecular weight excluding hydrogens is 438 g/mol. The molecule has 1 aliphatic rings. The molecule has 0 atom stereocenters. The number of benzene rings is 2. The van der Waals surface area contributed by atoms with E-state index in [0.717, 1.165) is 74.0 Å². The van der Waals surface area contributed by atoms with E-state index in [-0.39, 0.29) is 4.90 Å². The second-order valence-electron chi connectivity index (χ2n) is 8.55. The number of methoxy groups -OCH3 is 1. The number of piperazine rings is 1. The smallest absolute Gasteiger partial charge is 0.242 e. The fourth-order valence-electron chi connectivity index (χ4n) is 4.36. The summed E-state index contributed by atoms with van der Waals surface area (Å²) in [5.41, 5.74) is 2.85. The van der Waals surface area contributed by atoms with Crippen LogP contribution in [0.2, 0.25) is 0 Å². The molecule has 2 heterocycles. The average Bonchev–Trinajstić information content (AvgIpc) is 3.16. The van der Waals surface area contributed by atoms with E-state index in [1.807, 2.05) is 24.3 Å². The Hall–Kier alpha value is -2.62. The quantitative estimate of drug-likeness (QED) is 0.503. The van der Waals surface area contributed by atoms with Crippen LogP contribution in [0.25, 0.3) is 11.0 Å². The van der Waals surface area contributed by atoms with E-state index in [1.165, 1.54) is 4.31 Å². The van der Waals surface area contributed by atoms with Crippen LogP contribution in [0, 0.1) is 0 Å². The number of ether oxygens (including phenoxy) is 1. The number of aryl methyl sites for hydroxylation is 1. The Bertz CT molecular complexity index is 1210. The summed E-state index contributed by atoms with van der Waals surface area (Å²) in [5.74, 6) is 1.89. The van der Waals surface area contributed by atoms with E-state index in [1.54, 1.807) is 33.3 Å². The number of imidazole rings is 1. The van der Waals surface area contributed by atoms with Crippen LogP contribution in [0.3, 0.4) is 0 Å². The number of nitrogens with zero attached hydrogens (tertiary/aromatic N) is 5. The maximum Gasteiger partial charge on any atom is 0.242 e. The minimum absolute atomic E-state index is 0.276. The first-order chi connectivity index (χ1) is 15.8. The van der Waals surface area contributed by atoms with Crippen molar-refractivity contribution in [3.63, 3.8) is 0 Å². The van der Waals surface area contributed by atoms with Crippen molar-refractivity contribution in [2.75, 3.05) is 52.3 Å². The molecular formula is C24H33N5O3S. The first-order valence-electron chi connectivity index (χ1n) is 11.4. The summed E-state index contributed by atoms with van der Waals surface area (Å²) in [5, 5.41) is 0. The minimum atomic E-state index is -3.49. The summed E-state index contributed by atoms with van der Waals surface area (Å²) in [7, 11) is 1.31. The molecule has 0 unspecified atom stereocenters. The summed E-state index contributed by atoms with van der Waals surface area (Å²) in [6.45, 7) is 7.42. The van der Waals surface area contributed by atoms with Gasteiger partial charge in [-0.1, -0.05) is 19.1 Å². The van der Waals surface area contributed by atoms with E-state index < -0.39 is 10.0 Å². The van der Waals surface area contributed by atoms with Gasteiger partial charge in [0.2, 0.25) is 10.0 Å². The van der Waals surface area contributed by atoms with Crippen molar-refractivity contribution < 1.29 is 13.2 Å². The van der Waals surface area contributed by atoms with Gasteiger partial charge in [0.15, 0.2) is 0 Å². The van der Waals surface area contributed by atoms with E-state index in [9.17, 15) is 8.42 Å². The molecule has 1 aliphatic heterocycles. The average molecular weight is 472 g/mol. The number of rotatable bonds is 8. The third-order valence-electron chi connectivity index (χ3n) is 6.19. The van der Waals surface area contributed by atoms with E-state index in [4.69, 9.17) is 9.72 Å². The zero-order chi connectivity index (χ0) is 23.6. The van der Waals surface area contributed by atoms with Crippen LogP contribution in [-0.2, 0) is 23.1 Å². The maximum absolute atomic E-state index is 12.6. The fraction of sp³-hybridized carbons (Fsp3) is 0.458. The van der Waals surface area contributed by atoms with Crippen LogP contribution in [0.1, 0.15) is 19.2 Å². The minimum Gasteiger partial charge on any atom is -0.495 e. The predicted molar refractivity (Wildman–Crippen MR) is 131 cm³/mol. The fourth-order valence-corrected chi connectivity index (χ4v) is 5.28. The number of sulfonamides is 1. The van der Waals surface area contributed by atoms with Gasteiger partial charge >= 0.3 is 0 Å². The zero-order valence-corrected chi connectivity index (χ0v) is 20.7. The van der Waals surface area contributed by atoms with Crippen molar-refractivity contribution in [2.24, 2.45) is 0 Å². The highest BCUT2D eigenvalue weighted by molar-refractivity contribution is 7.89. The lowest BCUT2D eigenvalue weighted by atomic mass is 10.2. The van der Waals surface area contributed by atoms with Gasteiger partial charge in [-0.2, -0.15) is 0 Å². The molecule has 0 radical (unpaired) electrons. The van der Waals surface area contributed by atoms with Gasteiger partial charge in [0.1, 0.15) is 11.6 Å². The summed E-state index contributed by atoms with van der Waals surface area (Å²) in [6.07, 6.45) is 0.984. The number of anilines is 1. The number of fused-ring (bicyclic) bond motifs is 1. The monoisotopic (exact) mass is 471 g/mol. The summed E-state index contributed by atoms with van der Waals surface area (Å²) in [4.78, 5) is 9.92. The highest BCUT2D eigenvalue weighted by Crippen LogP contribution is 2.29. The first-order valence-corrected chi connectivity index (χ1v) is 12.8. The summed E-state index contributed by atoms with van der Waals surface area (Å²) < 4.78 is 34.1. The second kappa shape index (κ2) is 9.70. The van der Waals surface area contributed by atoms with Crippen LogP contribution in [0.15, 0.2) is 47.4 Å². The molecule has 0 N–H and O–H groups in total. The van der Waals surface area contributed by atoms with Crippen molar-refractivity contribution in [2.45, 2.75) is 31.3 Å². The van der Waals surface area contributed by atoms with Crippen molar-refractivity contribution in [3.8, 4) is 5.75 Å². The van der Waals surface area contributed by atoms with Gasteiger partial charge in [0.25, 0.3) is 0 Å². The van der Waals surface area contributed by atoms with E-state index >= 15 is 0 Å². The number of hydrogen-bond donors (Lipinski definition) is 0. The second-order valence-corrected chi connectivity index (χ2v) is 10.7. The SMILES string of the molecule is CCCn1c(CN2CCN(c3ccccc3OC)CC2)nc2cc(S(=O)(=O)N(C)C)ccc21. The lowest BCUT2D eigenvalue weighted by molar-refractivity contribution is 0.240. The molecule has 9 heteroatoms. The molecule has 0 amide bonds. The lowest BCUT2D eigenvalue weighted by Gasteiger charge is -2.36. The Morgan fingerprint density at radius 1 is 1.06 bits per heavy atom. The molecule has 0 aliphatic carbocycles. The molecule has 0 bridgehead atoms. The van der Waals surface area contributed by atoms with Crippen LogP contribution in [0.5, 0.6) is 5.75 Å². The van der Waals surface area contributed by atoms with Crippen LogP contribution in [-0.4, -0.2) is 74.6 Å². The Balaban J connectivity index is 1.54. The van der Waals surface area contributed by atoms with Gasteiger partial charge in [-0.25, -0.2) is 17.7 Å². The topological polar surface area (TPSA) is 70.9 Å². The third-order valence-corrected chi connectivity index (χ3v) is 8.00. The van der Waals surface area contributed by atoms with Crippen LogP contribution in [0.4, 0.5) is 5.69 Å². The third kappa shape index (κ3) is 4.71. The predicted octanol–water partition coefficient (Wildman–Crippen LogP) is 3.03. The standard InChI is InChI=1S/C24H33N5O3S/c1-5-12-29-21-11-10-19(33(30,31)26(2)3)17-20(21)25-24(29)18-27-13-15-28(16-14-27)22-8-6-7-9-23(22)32-4/h6-11,17H,5,12-16,18H2,1-4H3. The summed E-state index contributed by atoms with van der Waals surface area (Å²) in [6, 6.07) is 13.4. The first kappa shape index (κ1) is 23.5. The van der Waals surface area contributed by atoms with Crippen LogP contribution < -0.4 is 9.64 Å². The van der Waals surface area contributed by atoms with Crippen LogP contribution >= 0.6 is 0 Å². The highest BCUT2D eigenvalue weighted by atomic mass is 32.2. The van der Waals surface area contributed by atoms with Gasteiger partial charge in [-0.15, -0.1) is 0 Å². The van der Waals surface area contributed by atoms with Gasteiger partial charge in [0.05, 0.1) is 35.3 Å². The van der Waals surface area contributed by atoms with E-state index in [2.05, 4.69) is 27.4 Å².